The molecule has 1 amide bonds. The van der Waals surface area contributed by atoms with Crippen LogP contribution in [0.25, 0.3) is 11.0 Å². The van der Waals surface area contributed by atoms with Crippen molar-refractivity contribution in [2.45, 2.75) is 11.4 Å². The minimum absolute atomic E-state index is 0.00439. The van der Waals surface area contributed by atoms with Crippen molar-refractivity contribution in [2.75, 3.05) is 11.8 Å². The largest absolute Gasteiger partial charge is 0.337 e. The summed E-state index contributed by atoms with van der Waals surface area (Å²) >= 11 is 13.1. The lowest BCUT2D eigenvalue weighted by atomic mass is 10.1. The lowest BCUT2D eigenvalue weighted by molar-refractivity contribution is 0.0786. The van der Waals surface area contributed by atoms with Crippen LogP contribution in [-0.4, -0.2) is 35.0 Å². The van der Waals surface area contributed by atoms with Crippen molar-refractivity contribution in [1.82, 2.24) is 13.6 Å². The van der Waals surface area contributed by atoms with Gasteiger partial charge in [-0.3, -0.25) is 9.52 Å². The maximum Gasteiger partial charge on any atom is 0.264 e. The number of anilines is 1. The number of nitrogens with zero attached hydrogens (tertiary/aromatic N) is 3. The highest BCUT2D eigenvalue weighted by Gasteiger charge is 2.24. The molecule has 0 unspecified atom stereocenters. The molecule has 3 aromatic carbocycles. The fourth-order valence-electron chi connectivity index (χ4n) is 3.17. The summed E-state index contributed by atoms with van der Waals surface area (Å²) in [5.74, 6) is -0.976. The van der Waals surface area contributed by atoms with E-state index in [0.717, 1.165) is 17.8 Å². The van der Waals surface area contributed by atoms with Crippen molar-refractivity contribution in [3.05, 3.63) is 81.6 Å². The lowest BCUT2D eigenvalue weighted by Gasteiger charge is -2.20. The SMILES string of the molecule is CN(Cc1ccc(F)cc1Cl)C(=O)c1ccc(Cl)cc1NS(=O)(=O)c1cccc2nsnc12. The molecule has 0 saturated heterocycles. The summed E-state index contributed by atoms with van der Waals surface area (Å²) in [6.07, 6.45) is 0. The number of fused-ring (bicyclic) bond motifs is 1. The van der Waals surface area contributed by atoms with Crippen molar-refractivity contribution in [3.63, 3.8) is 0 Å². The number of benzene rings is 3. The van der Waals surface area contributed by atoms with E-state index in [2.05, 4.69) is 13.5 Å². The van der Waals surface area contributed by atoms with Crippen molar-refractivity contribution in [1.29, 1.82) is 0 Å². The van der Waals surface area contributed by atoms with Crippen LogP contribution >= 0.6 is 34.9 Å². The summed E-state index contributed by atoms with van der Waals surface area (Å²) in [6.45, 7) is 0.0799. The van der Waals surface area contributed by atoms with E-state index in [4.69, 9.17) is 23.2 Å². The topological polar surface area (TPSA) is 92.3 Å². The first-order chi connectivity index (χ1) is 15.7. The van der Waals surface area contributed by atoms with Crippen LogP contribution in [0.1, 0.15) is 15.9 Å². The Bertz CT molecular complexity index is 1480. The van der Waals surface area contributed by atoms with Crippen LogP contribution < -0.4 is 4.72 Å². The Balaban J connectivity index is 1.66. The van der Waals surface area contributed by atoms with E-state index in [0.29, 0.717) is 11.1 Å². The predicted octanol–water partition coefficient (Wildman–Crippen LogP) is 5.21. The predicted molar refractivity (Wildman–Crippen MR) is 127 cm³/mol. The Morgan fingerprint density at radius 3 is 2.67 bits per heavy atom. The highest BCUT2D eigenvalue weighted by atomic mass is 35.5. The highest BCUT2D eigenvalue weighted by molar-refractivity contribution is 7.93. The zero-order valence-electron chi connectivity index (χ0n) is 16.9. The molecule has 0 radical (unpaired) electrons. The molecule has 0 spiro atoms. The van der Waals surface area contributed by atoms with Gasteiger partial charge in [0.1, 0.15) is 21.7 Å². The third-order valence-corrected chi connectivity index (χ3v) is 7.29. The molecular formula is C21H15Cl2FN4O3S2. The molecule has 1 N–H and O–H groups in total. The summed E-state index contributed by atoms with van der Waals surface area (Å²) in [5.41, 5.74) is 1.29. The Hall–Kier alpha value is -2.79. The van der Waals surface area contributed by atoms with Crippen molar-refractivity contribution in [3.8, 4) is 0 Å². The summed E-state index contributed by atoms with van der Waals surface area (Å²) in [7, 11) is -2.59. The number of sulfonamides is 1. The first-order valence-corrected chi connectivity index (χ1v) is 12.4. The van der Waals surface area contributed by atoms with Gasteiger partial charge in [0, 0.05) is 23.6 Å². The van der Waals surface area contributed by atoms with Gasteiger partial charge in [0.05, 0.1) is 23.0 Å². The van der Waals surface area contributed by atoms with E-state index < -0.39 is 21.7 Å². The van der Waals surface area contributed by atoms with Gasteiger partial charge in [0.2, 0.25) is 0 Å². The fourth-order valence-corrected chi connectivity index (χ4v) is 5.41. The molecule has 0 aliphatic heterocycles. The van der Waals surface area contributed by atoms with Crippen LogP contribution in [0.3, 0.4) is 0 Å². The second kappa shape index (κ2) is 9.22. The first-order valence-electron chi connectivity index (χ1n) is 9.39. The molecule has 0 aliphatic rings. The van der Waals surface area contributed by atoms with Gasteiger partial charge in [-0.1, -0.05) is 35.3 Å². The van der Waals surface area contributed by atoms with E-state index >= 15 is 0 Å². The van der Waals surface area contributed by atoms with Gasteiger partial charge >= 0.3 is 0 Å². The van der Waals surface area contributed by atoms with Gasteiger partial charge in [-0.25, -0.2) is 12.8 Å². The number of aromatic nitrogens is 2. The average molecular weight is 525 g/mol. The normalized spacial score (nSPS) is 11.5. The Labute approximate surface area is 203 Å². The molecule has 1 heterocycles. The number of nitrogens with one attached hydrogen (secondary N) is 1. The lowest BCUT2D eigenvalue weighted by Crippen LogP contribution is -2.28. The summed E-state index contributed by atoms with van der Waals surface area (Å²) in [4.78, 5) is 14.4. The van der Waals surface area contributed by atoms with Crippen LogP contribution in [0.4, 0.5) is 10.1 Å². The number of amides is 1. The molecule has 0 saturated carbocycles. The summed E-state index contributed by atoms with van der Waals surface area (Å²) in [6, 6.07) is 12.8. The molecule has 0 atom stereocenters. The van der Waals surface area contributed by atoms with Crippen molar-refractivity contribution in [2.24, 2.45) is 0 Å². The number of hydrogen-bond donors (Lipinski definition) is 1. The van der Waals surface area contributed by atoms with Gasteiger partial charge in [0.15, 0.2) is 0 Å². The van der Waals surface area contributed by atoms with Crippen LogP contribution in [0.2, 0.25) is 10.0 Å². The molecule has 12 heteroatoms. The zero-order valence-corrected chi connectivity index (χ0v) is 20.1. The average Bonchev–Trinajstić information content (AvgIpc) is 3.24. The van der Waals surface area contributed by atoms with Gasteiger partial charge < -0.3 is 4.90 Å². The van der Waals surface area contributed by atoms with Crippen molar-refractivity contribution < 1.29 is 17.6 Å². The fraction of sp³-hybridized carbons (Fsp3) is 0.0952. The summed E-state index contributed by atoms with van der Waals surface area (Å²) in [5, 5.41) is 0.415. The Morgan fingerprint density at radius 1 is 1.12 bits per heavy atom. The van der Waals surface area contributed by atoms with Crippen LogP contribution in [0.15, 0.2) is 59.5 Å². The highest BCUT2D eigenvalue weighted by Crippen LogP contribution is 2.28. The standard InChI is InChI=1S/C21H15Cl2FN4O3S2/c1-28(11-12-5-7-14(24)10-16(12)23)21(29)15-8-6-13(22)9-18(15)27-33(30,31)19-4-2-3-17-20(19)26-32-25-17/h2-10,27H,11H2,1H3. The number of carbonyl (C=O) groups is 1. The minimum Gasteiger partial charge on any atom is -0.337 e. The zero-order chi connectivity index (χ0) is 23.8. The second-order valence-electron chi connectivity index (χ2n) is 7.08. The Morgan fingerprint density at radius 2 is 1.91 bits per heavy atom. The molecule has 0 fully saturated rings. The van der Waals surface area contributed by atoms with E-state index in [-0.39, 0.29) is 38.3 Å². The first kappa shape index (κ1) is 23.4. The molecule has 7 nitrogen and oxygen atoms in total. The van der Waals surface area contributed by atoms with Gasteiger partial charge in [-0.2, -0.15) is 8.75 Å². The number of halogens is 3. The Kier molecular flexibility index (Phi) is 6.53. The molecule has 1 aromatic heterocycles. The van der Waals surface area contributed by atoms with E-state index in [1.54, 1.807) is 12.1 Å². The van der Waals surface area contributed by atoms with Gasteiger partial charge in [-0.15, -0.1) is 0 Å². The van der Waals surface area contributed by atoms with Crippen molar-refractivity contribution >= 4 is 67.6 Å². The quantitative estimate of drug-likeness (QED) is 0.373. The van der Waals surface area contributed by atoms with E-state index in [1.165, 1.54) is 48.3 Å². The monoisotopic (exact) mass is 524 g/mol. The summed E-state index contributed by atoms with van der Waals surface area (Å²) < 4.78 is 50.2. The van der Waals surface area contributed by atoms with E-state index in [9.17, 15) is 17.6 Å². The van der Waals surface area contributed by atoms with Crippen LogP contribution in [-0.2, 0) is 16.6 Å². The number of carbonyl (C=O) groups excluding carboxylic acids is 1. The van der Waals surface area contributed by atoms with Gasteiger partial charge in [-0.05, 0) is 48.0 Å². The van der Waals surface area contributed by atoms with Crippen LogP contribution in [0, 0.1) is 5.82 Å². The molecule has 0 bridgehead atoms. The molecule has 170 valence electrons. The number of hydrogen-bond acceptors (Lipinski definition) is 6. The molecule has 4 rings (SSSR count). The number of rotatable bonds is 6. The minimum atomic E-state index is -4.12. The second-order valence-corrected chi connectivity index (χ2v) is 10.1. The molecule has 4 aromatic rings. The van der Waals surface area contributed by atoms with Gasteiger partial charge in [0.25, 0.3) is 15.9 Å². The molecule has 33 heavy (non-hydrogen) atoms. The third-order valence-electron chi connectivity index (χ3n) is 4.76. The third kappa shape index (κ3) is 4.93. The smallest absolute Gasteiger partial charge is 0.264 e. The maximum atomic E-state index is 13.3. The maximum absolute atomic E-state index is 13.3. The van der Waals surface area contributed by atoms with Crippen LogP contribution in [0.5, 0.6) is 0 Å². The molecule has 0 aliphatic carbocycles. The van der Waals surface area contributed by atoms with E-state index in [1.807, 2.05) is 0 Å². The molecular weight excluding hydrogens is 510 g/mol.